The highest BCUT2D eigenvalue weighted by atomic mass is 35.5. The summed E-state index contributed by atoms with van der Waals surface area (Å²) in [6, 6.07) is 8.06. The Balaban J connectivity index is 1.94. The van der Waals surface area contributed by atoms with E-state index < -0.39 is 0 Å². The number of rotatable bonds is 3. The highest BCUT2D eigenvalue weighted by Gasteiger charge is 2.25. The van der Waals surface area contributed by atoms with Crippen molar-refractivity contribution in [3.63, 3.8) is 0 Å². The molecular weight excluding hydrogens is 260 g/mol. The van der Waals surface area contributed by atoms with Crippen LogP contribution in [0.1, 0.15) is 38.3 Å². The van der Waals surface area contributed by atoms with Crippen LogP contribution >= 0.6 is 11.6 Å². The molecule has 3 nitrogen and oxygen atoms in total. The van der Waals surface area contributed by atoms with Crippen LogP contribution in [0.5, 0.6) is 0 Å². The van der Waals surface area contributed by atoms with E-state index in [2.05, 4.69) is 17.6 Å². The van der Waals surface area contributed by atoms with Gasteiger partial charge in [0.05, 0.1) is 6.04 Å². The van der Waals surface area contributed by atoms with E-state index in [0.717, 1.165) is 24.9 Å². The maximum Gasteiger partial charge on any atom is 0.223 e. The van der Waals surface area contributed by atoms with Crippen molar-refractivity contribution in [1.82, 2.24) is 10.6 Å². The van der Waals surface area contributed by atoms with Gasteiger partial charge in [-0.05, 0) is 50.9 Å². The van der Waals surface area contributed by atoms with Crippen LogP contribution in [0.2, 0.25) is 5.02 Å². The van der Waals surface area contributed by atoms with E-state index in [1.54, 1.807) is 0 Å². The predicted molar refractivity (Wildman–Crippen MR) is 78.2 cm³/mol. The minimum Gasteiger partial charge on any atom is -0.349 e. The zero-order chi connectivity index (χ0) is 13.8. The average Bonchev–Trinajstić information content (AvgIpc) is 2.38. The Kier molecular flexibility index (Phi) is 4.83. The minimum atomic E-state index is -0.00334. The molecule has 1 aliphatic heterocycles. The Morgan fingerprint density at radius 3 is 3.00 bits per heavy atom. The highest BCUT2D eigenvalue weighted by Crippen LogP contribution is 2.20. The molecule has 0 aliphatic carbocycles. The molecule has 1 heterocycles. The number of hydrogen-bond donors (Lipinski definition) is 2. The fourth-order valence-corrected chi connectivity index (χ4v) is 2.76. The van der Waals surface area contributed by atoms with Crippen LogP contribution in [0.3, 0.4) is 0 Å². The van der Waals surface area contributed by atoms with Gasteiger partial charge in [0.15, 0.2) is 0 Å². The van der Waals surface area contributed by atoms with Crippen LogP contribution in [-0.2, 0) is 4.79 Å². The third-order valence-corrected chi connectivity index (χ3v) is 3.94. The molecule has 104 valence electrons. The number of halogens is 1. The molecule has 0 bridgehead atoms. The second kappa shape index (κ2) is 6.40. The van der Waals surface area contributed by atoms with Gasteiger partial charge in [-0.3, -0.25) is 4.79 Å². The first-order valence-corrected chi connectivity index (χ1v) is 7.23. The van der Waals surface area contributed by atoms with Gasteiger partial charge in [0.25, 0.3) is 0 Å². The summed E-state index contributed by atoms with van der Waals surface area (Å²) in [5.41, 5.74) is 1.04. The zero-order valence-electron chi connectivity index (χ0n) is 11.4. The first kappa shape index (κ1) is 14.4. The molecule has 2 rings (SSSR count). The number of nitrogens with one attached hydrogen (secondary N) is 2. The lowest BCUT2D eigenvalue weighted by Gasteiger charge is -2.28. The Morgan fingerprint density at radius 1 is 1.53 bits per heavy atom. The molecule has 1 amide bonds. The van der Waals surface area contributed by atoms with Gasteiger partial charge in [-0.15, -0.1) is 0 Å². The standard InChI is InChI=1S/C15H21ClN2O/c1-10-8-13(6-7-17-10)15(19)18-11(2)12-4-3-5-14(16)9-12/h3-5,9-11,13,17H,6-8H2,1-2H3,(H,18,19)/t10?,11-,13?/m1/s1. The molecule has 0 spiro atoms. The third kappa shape index (κ3) is 3.95. The van der Waals surface area contributed by atoms with Gasteiger partial charge in [-0.2, -0.15) is 0 Å². The molecule has 0 saturated carbocycles. The molecule has 4 heteroatoms. The number of carbonyl (C=O) groups excluding carboxylic acids is 1. The normalized spacial score (nSPS) is 24.8. The van der Waals surface area contributed by atoms with Crippen molar-refractivity contribution in [2.75, 3.05) is 6.54 Å². The van der Waals surface area contributed by atoms with Gasteiger partial charge in [-0.1, -0.05) is 23.7 Å². The lowest BCUT2D eigenvalue weighted by molar-refractivity contribution is -0.126. The molecule has 1 saturated heterocycles. The van der Waals surface area contributed by atoms with E-state index in [9.17, 15) is 4.79 Å². The number of piperidine rings is 1. The Hall–Kier alpha value is -1.06. The van der Waals surface area contributed by atoms with E-state index in [1.165, 1.54) is 0 Å². The molecule has 2 unspecified atom stereocenters. The quantitative estimate of drug-likeness (QED) is 0.894. The number of carbonyl (C=O) groups is 1. The summed E-state index contributed by atoms with van der Waals surface area (Å²) in [7, 11) is 0. The molecule has 19 heavy (non-hydrogen) atoms. The molecule has 0 radical (unpaired) electrons. The van der Waals surface area contributed by atoms with Crippen molar-refractivity contribution >= 4 is 17.5 Å². The monoisotopic (exact) mass is 280 g/mol. The van der Waals surface area contributed by atoms with Crippen LogP contribution in [-0.4, -0.2) is 18.5 Å². The van der Waals surface area contributed by atoms with Gasteiger partial charge < -0.3 is 10.6 Å². The van der Waals surface area contributed by atoms with Gasteiger partial charge in [0.1, 0.15) is 0 Å². The van der Waals surface area contributed by atoms with E-state index >= 15 is 0 Å². The minimum absolute atomic E-state index is 0.00334. The van der Waals surface area contributed by atoms with E-state index in [1.807, 2.05) is 31.2 Å². The SMILES string of the molecule is CC1CC(C(=O)N[C@H](C)c2cccc(Cl)c2)CCN1. The zero-order valence-corrected chi connectivity index (χ0v) is 12.2. The van der Waals surface area contributed by atoms with Gasteiger partial charge >= 0.3 is 0 Å². The molecule has 3 atom stereocenters. The molecule has 1 aromatic carbocycles. The van der Waals surface area contributed by atoms with Gasteiger partial charge in [0, 0.05) is 17.0 Å². The highest BCUT2D eigenvalue weighted by molar-refractivity contribution is 6.30. The summed E-state index contributed by atoms with van der Waals surface area (Å²) in [6.45, 7) is 5.04. The average molecular weight is 281 g/mol. The van der Waals surface area contributed by atoms with Crippen molar-refractivity contribution in [1.29, 1.82) is 0 Å². The first-order valence-electron chi connectivity index (χ1n) is 6.85. The van der Waals surface area contributed by atoms with Crippen molar-refractivity contribution in [3.05, 3.63) is 34.9 Å². The van der Waals surface area contributed by atoms with Crippen LogP contribution in [0.25, 0.3) is 0 Å². The van der Waals surface area contributed by atoms with Crippen LogP contribution < -0.4 is 10.6 Å². The second-order valence-electron chi connectivity index (χ2n) is 5.36. The number of benzene rings is 1. The fraction of sp³-hybridized carbons (Fsp3) is 0.533. The van der Waals surface area contributed by atoms with Crippen LogP contribution in [0.4, 0.5) is 0 Å². The van der Waals surface area contributed by atoms with E-state index in [4.69, 9.17) is 11.6 Å². The number of hydrogen-bond acceptors (Lipinski definition) is 2. The topological polar surface area (TPSA) is 41.1 Å². The summed E-state index contributed by atoms with van der Waals surface area (Å²) in [4.78, 5) is 12.2. The van der Waals surface area contributed by atoms with E-state index in [-0.39, 0.29) is 17.9 Å². The van der Waals surface area contributed by atoms with Gasteiger partial charge in [0.2, 0.25) is 5.91 Å². The summed E-state index contributed by atoms with van der Waals surface area (Å²) in [6.07, 6.45) is 1.83. The lowest BCUT2D eigenvalue weighted by atomic mass is 9.92. The smallest absolute Gasteiger partial charge is 0.223 e. The fourth-order valence-electron chi connectivity index (χ4n) is 2.56. The Morgan fingerprint density at radius 2 is 2.32 bits per heavy atom. The van der Waals surface area contributed by atoms with Crippen molar-refractivity contribution in [2.24, 2.45) is 5.92 Å². The second-order valence-corrected chi connectivity index (χ2v) is 5.80. The largest absolute Gasteiger partial charge is 0.349 e. The van der Waals surface area contributed by atoms with E-state index in [0.29, 0.717) is 11.1 Å². The van der Waals surface area contributed by atoms with Crippen molar-refractivity contribution in [3.8, 4) is 0 Å². The molecule has 2 N–H and O–H groups in total. The summed E-state index contributed by atoms with van der Waals surface area (Å²) >= 11 is 5.97. The lowest BCUT2D eigenvalue weighted by Crippen LogP contribution is -2.42. The maximum atomic E-state index is 12.2. The van der Waals surface area contributed by atoms with Crippen molar-refractivity contribution < 1.29 is 4.79 Å². The maximum absolute atomic E-state index is 12.2. The summed E-state index contributed by atoms with van der Waals surface area (Å²) < 4.78 is 0. The van der Waals surface area contributed by atoms with Gasteiger partial charge in [-0.25, -0.2) is 0 Å². The third-order valence-electron chi connectivity index (χ3n) is 3.70. The molecule has 1 aliphatic rings. The molecule has 1 aromatic rings. The van der Waals surface area contributed by atoms with Crippen LogP contribution in [0, 0.1) is 5.92 Å². The first-order chi connectivity index (χ1) is 9.06. The molecule has 1 fully saturated rings. The predicted octanol–water partition coefficient (Wildman–Crippen LogP) is 2.91. The molecule has 0 aromatic heterocycles. The summed E-state index contributed by atoms with van der Waals surface area (Å²) in [5.74, 6) is 0.277. The van der Waals surface area contributed by atoms with Crippen LogP contribution in [0.15, 0.2) is 24.3 Å². The number of amides is 1. The Labute approximate surface area is 119 Å². The molecular formula is C15H21ClN2O. The Bertz CT molecular complexity index is 450. The van der Waals surface area contributed by atoms with Crippen molar-refractivity contribution in [2.45, 2.75) is 38.8 Å². The summed E-state index contributed by atoms with van der Waals surface area (Å²) in [5, 5.41) is 7.15.